The van der Waals surface area contributed by atoms with Gasteiger partial charge in [-0.25, -0.2) is 0 Å². The Morgan fingerprint density at radius 1 is 1.35 bits per heavy atom. The molecule has 4 nitrogen and oxygen atoms in total. The second kappa shape index (κ2) is 7.14. The van der Waals surface area contributed by atoms with Gasteiger partial charge in [0.15, 0.2) is 0 Å². The number of rotatable bonds is 6. The lowest BCUT2D eigenvalue weighted by Crippen LogP contribution is -2.35. The first-order valence-corrected chi connectivity index (χ1v) is 7.95. The highest BCUT2D eigenvalue weighted by Gasteiger charge is 2.19. The van der Waals surface area contributed by atoms with E-state index in [0.717, 1.165) is 11.3 Å². The van der Waals surface area contributed by atoms with E-state index >= 15 is 0 Å². The summed E-state index contributed by atoms with van der Waals surface area (Å²) in [5, 5.41) is 7.22. The van der Waals surface area contributed by atoms with E-state index in [1.807, 2.05) is 49.6 Å². The Balaban J connectivity index is 2.06. The summed E-state index contributed by atoms with van der Waals surface area (Å²) in [6, 6.07) is 11.6. The molecule has 2 atom stereocenters. The fourth-order valence-corrected chi connectivity index (χ4v) is 2.60. The summed E-state index contributed by atoms with van der Waals surface area (Å²) in [6.07, 6.45) is 5.52. The lowest BCUT2D eigenvalue weighted by molar-refractivity contribution is -0.124. The van der Waals surface area contributed by atoms with Gasteiger partial charge < -0.3 is 5.32 Å². The number of benzene rings is 1. The molecular formula is C15H19N3OS. The predicted molar refractivity (Wildman–Crippen MR) is 82.6 cm³/mol. The van der Waals surface area contributed by atoms with E-state index in [1.54, 1.807) is 28.8 Å². The van der Waals surface area contributed by atoms with Crippen molar-refractivity contribution in [1.82, 2.24) is 15.1 Å². The van der Waals surface area contributed by atoms with Crippen LogP contribution in [-0.4, -0.2) is 27.7 Å². The molecule has 0 aliphatic heterocycles. The van der Waals surface area contributed by atoms with Gasteiger partial charge in [0.1, 0.15) is 6.04 Å². The number of hydrogen-bond donors (Lipinski definition) is 1. The van der Waals surface area contributed by atoms with Crippen molar-refractivity contribution in [1.29, 1.82) is 0 Å². The van der Waals surface area contributed by atoms with Crippen LogP contribution in [0.25, 0.3) is 0 Å². The fourth-order valence-electron chi connectivity index (χ4n) is 2.00. The molecule has 1 aromatic heterocycles. The Morgan fingerprint density at radius 3 is 2.70 bits per heavy atom. The van der Waals surface area contributed by atoms with Crippen molar-refractivity contribution in [3.8, 4) is 0 Å². The molecule has 2 aromatic rings. The zero-order chi connectivity index (χ0) is 14.4. The number of aromatic nitrogens is 2. The van der Waals surface area contributed by atoms with Gasteiger partial charge >= 0.3 is 0 Å². The molecular weight excluding hydrogens is 270 g/mol. The van der Waals surface area contributed by atoms with Crippen LogP contribution >= 0.6 is 11.8 Å². The largest absolute Gasteiger partial charge is 0.347 e. The fraction of sp³-hybridized carbons (Fsp3) is 0.333. The highest BCUT2D eigenvalue weighted by atomic mass is 32.2. The second-order valence-corrected chi connectivity index (χ2v) is 5.50. The van der Waals surface area contributed by atoms with Crippen molar-refractivity contribution in [3.05, 3.63) is 54.4 Å². The maximum atomic E-state index is 12.3. The number of nitrogens with one attached hydrogen (secondary N) is 1. The molecule has 0 unspecified atom stereocenters. The van der Waals surface area contributed by atoms with Gasteiger partial charge in [0.2, 0.25) is 5.91 Å². The molecule has 2 rings (SSSR count). The Morgan fingerprint density at radius 2 is 2.10 bits per heavy atom. The summed E-state index contributed by atoms with van der Waals surface area (Å²) in [5.41, 5.74) is 1.13. The molecule has 1 N–H and O–H groups in total. The van der Waals surface area contributed by atoms with E-state index in [4.69, 9.17) is 0 Å². The van der Waals surface area contributed by atoms with Gasteiger partial charge in [-0.2, -0.15) is 16.9 Å². The van der Waals surface area contributed by atoms with Gasteiger partial charge in [-0.15, -0.1) is 0 Å². The first kappa shape index (κ1) is 14.7. The van der Waals surface area contributed by atoms with E-state index in [0.29, 0.717) is 0 Å². The Hall–Kier alpha value is -1.75. The third kappa shape index (κ3) is 3.63. The summed E-state index contributed by atoms with van der Waals surface area (Å²) in [6.45, 7) is 1.85. The lowest BCUT2D eigenvalue weighted by atomic mass is 10.1. The van der Waals surface area contributed by atoms with Crippen LogP contribution in [0.4, 0.5) is 0 Å². The molecule has 0 fully saturated rings. The monoisotopic (exact) mass is 289 g/mol. The van der Waals surface area contributed by atoms with Gasteiger partial charge in [-0.1, -0.05) is 30.3 Å². The smallest absolute Gasteiger partial charge is 0.245 e. The highest BCUT2D eigenvalue weighted by molar-refractivity contribution is 7.98. The number of carbonyl (C=O) groups is 1. The summed E-state index contributed by atoms with van der Waals surface area (Å²) in [4.78, 5) is 12.3. The van der Waals surface area contributed by atoms with Gasteiger partial charge in [0, 0.05) is 18.1 Å². The van der Waals surface area contributed by atoms with Crippen LogP contribution in [0.5, 0.6) is 0 Å². The third-order valence-electron chi connectivity index (χ3n) is 3.15. The number of hydrogen-bond acceptors (Lipinski definition) is 3. The molecule has 0 aliphatic carbocycles. The molecule has 1 aromatic carbocycles. The van der Waals surface area contributed by atoms with Crippen LogP contribution in [0.1, 0.15) is 24.6 Å². The van der Waals surface area contributed by atoms with Gasteiger partial charge in [0.05, 0.1) is 6.04 Å². The van der Waals surface area contributed by atoms with Crippen LogP contribution in [0.2, 0.25) is 0 Å². The number of carbonyl (C=O) groups excluding carboxylic acids is 1. The van der Waals surface area contributed by atoms with Crippen LogP contribution in [-0.2, 0) is 4.79 Å². The quantitative estimate of drug-likeness (QED) is 0.889. The third-order valence-corrected chi connectivity index (χ3v) is 3.82. The second-order valence-electron chi connectivity index (χ2n) is 4.59. The normalized spacial score (nSPS) is 13.7. The maximum Gasteiger partial charge on any atom is 0.245 e. The van der Waals surface area contributed by atoms with E-state index in [9.17, 15) is 4.79 Å². The van der Waals surface area contributed by atoms with E-state index in [-0.39, 0.29) is 18.0 Å². The van der Waals surface area contributed by atoms with Crippen molar-refractivity contribution in [2.75, 3.05) is 12.0 Å². The van der Waals surface area contributed by atoms with E-state index < -0.39 is 0 Å². The molecule has 0 radical (unpaired) electrons. The summed E-state index contributed by atoms with van der Waals surface area (Å²) < 4.78 is 1.66. The molecule has 106 valence electrons. The molecule has 5 heteroatoms. The minimum absolute atomic E-state index is 0.0170. The lowest BCUT2D eigenvalue weighted by Gasteiger charge is -2.21. The topological polar surface area (TPSA) is 46.9 Å². The van der Waals surface area contributed by atoms with Crippen molar-refractivity contribution in [3.63, 3.8) is 0 Å². The van der Waals surface area contributed by atoms with Gasteiger partial charge in [-0.3, -0.25) is 9.48 Å². The highest BCUT2D eigenvalue weighted by Crippen LogP contribution is 2.18. The summed E-state index contributed by atoms with van der Waals surface area (Å²) in [5.74, 6) is 0.832. The first-order chi connectivity index (χ1) is 9.72. The van der Waals surface area contributed by atoms with Crippen LogP contribution < -0.4 is 5.32 Å². The number of nitrogens with zero attached hydrogens (tertiary/aromatic N) is 2. The van der Waals surface area contributed by atoms with Crippen LogP contribution in [0, 0.1) is 0 Å². The van der Waals surface area contributed by atoms with Crippen molar-refractivity contribution in [2.45, 2.75) is 19.0 Å². The summed E-state index contributed by atoms with van der Waals surface area (Å²) in [7, 11) is 0. The Bertz CT molecular complexity index is 527. The number of thioether (sulfide) groups is 1. The molecule has 1 heterocycles. The standard InChI is InChI=1S/C15H19N3OS/c1-12(18-10-6-9-16-18)15(19)17-14(11-20-2)13-7-4-3-5-8-13/h3-10,12,14H,11H2,1-2H3,(H,17,19)/t12-,14+/m1/s1. The molecule has 0 spiro atoms. The Labute approximate surface area is 123 Å². The predicted octanol–water partition coefficient (Wildman–Crippen LogP) is 2.66. The zero-order valence-electron chi connectivity index (χ0n) is 11.7. The number of amides is 1. The van der Waals surface area contributed by atoms with E-state index in [2.05, 4.69) is 10.4 Å². The maximum absolute atomic E-state index is 12.3. The zero-order valence-corrected chi connectivity index (χ0v) is 12.5. The van der Waals surface area contributed by atoms with E-state index in [1.165, 1.54) is 0 Å². The molecule has 0 saturated carbocycles. The van der Waals surface area contributed by atoms with Crippen molar-refractivity contribution < 1.29 is 4.79 Å². The molecule has 0 aliphatic rings. The van der Waals surface area contributed by atoms with Crippen molar-refractivity contribution >= 4 is 17.7 Å². The molecule has 20 heavy (non-hydrogen) atoms. The SMILES string of the molecule is CSC[C@H](NC(=O)[C@@H](C)n1cccn1)c1ccccc1. The molecule has 1 amide bonds. The van der Waals surface area contributed by atoms with Gasteiger partial charge in [0.25, 0.3) is 0 Å². The average molecular weight is 289 g/mol. The van der Waals surface area contributed by atoms with Crippen LogP contribution in [0.3, 0.4) is 0 Å². The van der Waals surface area contributed by atoms with Crippen molar-refractivity contribution in [2.24, 2.45) is 0 Å². The Kier molecular flexibility index (Phi) is 5.24. The molecule has 0 saturated heterocycles. The van der Waals surface area contributed by atoms with Gasteiger partial charge in [-0.05, 0) is 24.8 Å². The first-order valence-electron chi connectivity index (χ1n) is 6.55. The minimum atomic E-state index is -0.307. The van der Waals surface area contributed by atoms with Crippen LogP contribution in [0.15, 0.2) is 48.8 Å². The molecule has 0 bridgehead atoms. The average Bonchev–Trinajstić information content (AvgIpc) is 3.01. The minimum Gasteiger partial charge on any atom is -0.347 e. The summed E-state index contributed by atoms with van der Waals surface area (Å²) >= 11 is 1.72.